The summed E-state index contributed by atoms with van der Waals surface area (Å²) in [6.07, 6.45) is 2.61. The summed E-state index contributed by atoms with van der Waals surface area (Å²) in [5, 5.41) is 10.2. The Morgan fingerprint density at radius 1 is 1.27 bits per heavy atom. The number of aromatic nitrogens is 1. The highest BCUT2D eigenvalue weighted by atomic mass is 19.1. The zero-order valence-corrected chi connectivity index (χ0v) is 15.6. The molecule has 2 aromatic rings. The van der Waals surface area contributed by atoms with Gasteiger partial charge in [0, 0.05) is 22.9 Å². The molecule has 1 aliphatic rings. The third-order valence-electron chi connectivity index (χ3n) is 4.66. The van der Waals surface area contributed by atoms with Gasteiger partial charge < -0.3 is 14.7 Å². The summed E-state index contributed by atoms with van der Waals surface area (Å²) in [5.74, 6) is 0.379. The van der Waals surface area contributed by atoms with Gasteiger partial charge in [0.05, 0.1) is 19.3 Å². The van der Waals surface area contributed by atoms with Gasteiger partial charge in [-0.05, 0) is 44.0 Å². The van der Waals surface area contributed by atoms with E-state index in [9.17, 15) is 9.50 Å². The van der Waals surface area contributed by atoms with Crippen molar-refractivity contribution in [2.75, 3.05) is 12.0 Å². The number of benzene rings is 1. The normalized spacial score (nSPS) is 18.2. The molecule has 0 saturated carbocycles. The lowest BCUT2D eigenvalue weighted by Gasteiger charge is -2.43. The molecule has 0 spiro atoms. The Bertz CT molecular complexity index is 704. The van der Waals surface area contributed by atoms with Crippen LogP contribution in [0.1, 0.15) is 58.7 Å². The molecule has 0 aliphatic carbocycles. The Morgan fingerprint density at radius 3 is 2.42 bits per heavy atom. The van der Waals surface area contributed by atoms with Crippen molar-refractivity contribution in [3.63, 3.8) is 0 Å². The lowest BCUT2D eigenvalue weighted by atomic mass is 9.87. The maximum Gasteiger partial charge on any atom is 0.216 e. The van der Waals surface area contributed by atoms with Gasteiger partial charge in [-0.1, -0.05) is 28.2 Å². The zero-order valence-electron chi connectivity index (χ0n) is 15.6. The molecule has 144 valence electrons. The van der Waals surface area contributed by atoms with Gasteiger partial charge in [0.25, 0.3) is 0 Å². The maximum absolute atomic E-state index is 14.1. The number of methoxy groups -OCH3 is 1. The number of anilines is 1. The highest BCUT2D eigenvalue weighted by Gasteiger charge is 2.35. The molecule has 2 atom stereocenters. The molecule has 1 N–H and O–H groups in total. The van der Waals surface area contributed by atoms with Gasteiger partial charge in [0.15, 0.2) is 0 Å². The fourth-order valence-electron chi connectivity index (χ4n) is 3.51. The van der Waals surface area contributed by atoms with Crippen LogP contribution in [-0.4, -0.2) is 23.2 Å². The largest absolute Gasteiger partial charge is 0.506 e. The van der Waals surface area contributed by atoms with Gasteiger partial charge in [0.2, 0.25) is 5.95 Å². The summed E-state index contributed by atoms with van der Waals surface area (Å²) in [6, 6.07) is 7.85. The first-order valence-corrected chi connectivity index (χ1v) is 8.85. The molecule has 0 radical (unpaired) electrons. The Kier molecular flexibility index (Phi) is 7.87. The van der Waals surface area contributed by atoms with Crippen molar-refractivity contribution in [3.8, 4) is 11.5 Å². The lowest BCUT2D eigenvalue weighted by molar-refractivity contribution is 0.410. The van der Waals surface area contributed by atoms with Crippen LogP contribution >= 0.6 is 0 Å². The van der Waals surface area contributed by atoms with E-state index < -0.39 is 5.95 Å². The summed E-state index contributed by atoms with van der Waals surface area (Å²) in [4.78, 5) is 5.90. The third kappa shape index (κ3) is 3.92. The van der Waals surface area contributed by atoms with Crippen LogP contribution in [0.3, 0.4) is 0 Å². The van der Waals surface area contributed by atoms with Crippen molar-refractivity contribution in [1.82, 2.24) is 4.98 Å². The number of rotatable bonds is 3. The topological polar surface area (TPSA) is 45.6 Å². The molecule has 0 saturated heterocycles. The summed E-state index contributed by atoms with van der Waals surface area (Å²) >= 11 is 0. The first kappa shape index (κ1) is 21.7. The highest BCUT2D eigenvalue weighted by Crippen LogP contribution is 2.42. The van der Waals surface area contributed by atoms with Crippen LogP contribution in [0.4, 0.5) is 10.1 Å². The number of nitrogens with zero attached hydrogens (tertiary/aromatic N) is 2. The third-order valence-corrected chi connectivity index (χ3v) is 4.66. The molecule has 1 aliphatic heterocycles. The first-order valence-electron chi connectivity index (χ1n) is 8.85. The number of aromatic hydroxyl groups is 1. The summed E-state index contributed by atoms with van der Waals surface area (Å²) in [7, 11) is 1.64. The molecule has 2 heterocycles. The van der Waals surface area contributed by atoms with Crippen molar-refractivity contribution < 1.29 is 14.2 Å². The number of hydrogen-bond donors (Lipinski definition) is 1. The van der Waals surface area contributed by atoms with E-state index in [0.29, 0.717) is 17.5 Å². The van der Waals surface area contributed by atoms with Gasteiger partial charge in [0.1, 0.15) is 11.5 Å². The van der Waals surface area contributed by atoms with E-state index in [-0.39, 0.29) is 25.3 Å². The second kappa shape index (κ2) is 9.41. The van der Waals surface area contributed by atoms with Crippen LogP contribution in [0.5, 0.6) is 11.5 Å². The minimum atomic E-state index is -0.475. The van der Waals surface area contributed by atoms with E-state index in [2.05, 4.69) is 16.8 Å². The van der Waals surface area contributed by atoms with Crippen molar-refractivity contribution in [2.45, 2.75) is 60.0 Å². The minimum Gasteiger partial charge on any atom is -0.506 e. The molecule has 1 aromatic carbocycles. The average Bonchev–Trinajstić information content (AvgIpc) is 2.66. The fourth-order valence-corrected chi connectivity index (χ4v) is 3.51. The first-order chi connectivity index (χ1) is 12.1. The summed E-state index contributed by atoms with van der Waals surface area (Å²) in [6.45, 7) is 8.08. The van der Waals surface area contributed by atoms with E-state index >= 15 is 0 Å². The van der Waals surface area contributed by atoms with Crippen LogP contribution in [0, 0.1) is 5.95 Å². The predicted octanol–water partition coefficient (Wildman–Crippen LogP) is 5.50. The standard InChI is InChI=1S/C18H21FN2O2.C2H6.CH4/c1-4-12-9-15-17(16(22)10-20-18(15)19)11(2)21(12)13-5-7-14(23-3)8-6-13;1-2;/h5-8,10-12,22H,4,9H2,1-3H3;1-2H3;1H4. The number of ether oxygens (including phenoxy) is 1. The predicted molar refractivity (Wildman–Crippen MR) is 106 cm³/mol. The van der Waals surface area contributed by atoms with Crippen molar-refractivity contribution in [3.05, 3.63) is 47.5 Å². The van der Waals surface area contributed by atoms with Gasteiger partial charge in [-0.3, -0.25) is 0 Å². The Morgan fingerprint density at radius 2 is 1.88 bits per heavy atom. The van der Waals surface area contributed by atoms with Crippen molar-refractivity contribution >= 4 is 5.69 Å². The van der Waals surface area contributed by atoms with Crippen LogP contribution in [0.25, 0.3) is 0 Å². The molecule has 5 heteroatoms. The molecule has 3 rings (SSSR count). The number of fused-ring (bicyclic) bond motifs is 1. The quantitative estimate of drug-likeness (QED) is 0.732. The van der Waals surface area contributed by atoms with Crippen LogP contribution in [0.15, 0.2) is 30.5 Å². The number of halogens is 1. The highest BCUT2D eigenvalue weighted by molar-refractivity contribution is 5.56. The smallest absolute Gasteiger partial charge is 0.216 e. The molecule has 0 bridgehead atoms. The Hall–Kier alpha value is -2.30. The molecule has 0 fully saturated rings. The SMILES string of the molecule is C.CC.CCC1Cc2c(F)ncc(O)c2C(C)N1c1ccc(OC)cc1. The van der Waals surface area contributed by atoms with E-state index in [1.165, 1.54) is 6.20 Å². The molecule has 1 aromatic heterocycles. The van der Waals surface area contributed by atoms with E-state index in [1.54, 1.807) is 7.11 Å². The lowest BCUT2D eigenvalue weighted by Crippen LogP contribution is -2.43. The Labute approximate surface area is 156 Å². The van der Waals surface area contributed by atoms with E-state index in [0.717, 1.165) is 17.9 Å². The van der Waals surface area contributed by atoms with Gasteiger partial charge in [-0.2, -0.15) is 4.39 Å². The van der Waals surface area contributed by atoms with Crippen LogP contribution in [-0.2, 0) is 6.42 Å². The molecule has 4 nitrogen and oxygen atoms in total. The molecule has 0 amide bonds. The average molecular weight is 362 g/mol. The zero-order chi connectivity index (χ0) is 18.6. The van der Waals surface area contributed by atoms with Crippen LogP contribution < -0.4 is 9.64 Å². The molecular weight excluding hydrogens is 331 g/mol. The van der Waals surface area contributed by atoms with Crippen molar-refractivity contribution in [1.29, 1.82) is 0 Å². The summed E-state index contributed by atoms with van der Waals surface area (Å²) in [5.41, 5.74) is 2.21. The van der Waals surface area contributed by atoms with Crippen molar-refractivity contribution in [2.24, 2.45) is 0 Å². The number of pyridine rings is 1. The monoisotopic (exact) mass is 362 g/mol. The molecule has 2 unspecified atom stereocenters. The summed E-state index contributed by atoms with van der Waals surface area (Å²) < 4.78 is 19.3. The van der Waals surface area contributed by atoms with Gasteiger partial charge >= 0.3 is 0 Å². The minimum absolute atomic E-state index is 0. The van der Waals surface area contributed by atoms with Gasteiger partial charge in [-0.25, -0.2) is 4.98 Å². The van der Waals surface area contributed by atoms with Gasteiger partial charge in [-0.15, -0.1) is 0 Å². The molecular formula is C21H31FN2O2. The fraction of sp³-hybridized carbons (Fsp3) is 0.476. The Balaban J connectivity index is 0.00000109. The molecule has 26 heavy (non-hydrogen) atoms. The number of hydrogen-bond acceptors (Lipinski definition) is 4. The second-order valence-electron chi connectivity index (χ2n) is 5.87. The second-order valence-corrected chi connectivity index (χ2v) is 5.87. The maximum atomic E-state index is 14.1. The van der Waals surface area contributed by atoms with E-state index in [4.69, 9.17) is 4.74 Å². The van der Waals surface area contributed by atoms with Crippen LogP contribution in [0.2, 0.25) is 0 Å². The van der Waals surface area contributed by atoms with E-state index in [1.807, 2.05) is 45.0 Å².